The number of aromatic nitrogens is 2. The molecule has 1 aromatic heterocycles. The van der Waals surface area contributed by atoms with E-state index in [0.29, 0.717) is 50.5 Å². The summed E-state index contributed by atoms with van der Waals surface area (Å²) in [6.07, 6.45) is 4.17. The molecule has 0 aliphatic carbocycles. The molecule has 184 valence electrons. The van der Waals surface area contributed by atoms with Crippen molar-refractivity contribution in [3.8, 4) is 0 Å². The number of hydrogen-bond donors (Lipinski definition) is 1. The highest BCUT2D eigenvalue weighted by atomic mass is 19.1. The lowest BCUT2D eigenvalue weighted by Gasteiger charge is -2.34. The lowest BCUT2D eigenvalue weighted by atomic mass is 9.89. The SMILES string of the molecule is CC(=O)N1CCc2c(c(N3CCC(C=O)c4cc(C)c(F)cc43)nn2C2CCOCC2)C1.CO. The van der Waals surface area contributed by atoms with Crippen LogP contribution in [0.1, 0.15) is 60.5 Å². The highest BCUT2D eigenvalue weighted by molar-refractivity contribution is 5.77. The van der Waals surface area contributed by atoms with Gasteiger partial charge in [0.05, 0.1) is 12.6 Å². The van der Waals surface area contributed by atoms with Crippen LogP contribution in [0.25, 0.3) is 0 Å². The van der Waals surface area contributed by atoms with E-state index in [1.807, 2.05) is 4.90 Å². The minimum absolute atomic E-state index is 0.0437. The number of anilines is 2. The number of aldehydes is 1. The Labute approximate surface area is 199 Å². The molecular formula is C25H33FN4O4. The smallest absolute Gasteiger partial charge is 0.219 e. The molecule has 0 bridgehead atoms. The number of hydrogen-bond acceptors (Lipinski definition) is 6. The average molecular weight is 473 g/mol. The molecule has 5 rings (SSSR count). The summed E-state index contributed by atoms with van der Waals surface area (Å²) in [5.74, 6) is 0.291. The molecule has 1 amide bonds. The fourth-order valence-corrected chi connectivity index (χ4v) is 5.28. The number of rotatable bonds is 3. The van der Waals surface area contributed by atoms with Crippen LogP contribution in [0.4, 0.5) is 15.9 Å². The number of carbonyl (C=O) groups is 2. The van der Waals surface area contributed by atoms with Gasteiger partial charge in [0, 0.05) is 69.6 Å². The second kappa shape index (κ2) is 10.2. The number of nitrogens with zero attached hydrogens (tertiary/aromatic N) is 4. The predicted molar refractivity (Wildman–Crippen MR) is 126 cm³/mol. The van der Waals surface area contributed by atoms with Gasteiger partial charge in [-0.1, -0.05) is 6.07 Å². The zero-order chi connectivity index (χ0) is 24.4. The van der Waals surface area contributed by atoms with Crippen LogP contribution in [0.15, 0.2) is 12.1 Å². The maximum Gasteiger partial charge on any atom is 0.219 e. The summed E-state index contributed by atoms with van der Waals surface area (Å²) in [4.78, 5) is 27.8. The maximum absolute atomic E-state index is 14.6. The van der Waals surface area contributed by atoms with E-state index in [1.54, 1.807) is 19.9 Å². The number of halogens is 1. The fourth-order valence-electron chi connectivity index (χ4n) is 5.28. The van der Waals surface area contributed by atoms with Crippen molar-refractivity contribution >= 4 is 23.7 Å². The van der Waals surface area contributed by atoms with E-state index >= 15 is 0 Å². The highest BCUT2D eigenvalue weighted by Gasteiger charge is 2.35. The van der Waals surface area contributed by atoms with Gasteiger partial charge in [0.25, 0.3) is 0 Å². The van der Waals surface area contributed by atoms with Crippen LogP contribution in [-0.2, 0) is 27.3 Å². The molecule has 34 heavy (non-hydrogen) atoms. The third-order valence-corrected chi connectivity index (χ3v) is 7.13. The summed E-state index contributed by atoms with van der Waals surface area (Å²) in [7, 11) is 1.00. The van der Waals surface area contributed by atoms with Gasteiger partial charge in [-0.2, -0.15) is 5.10 Å². The molecule has 9 heteroatoms. The number of aryl methyl sites for hydroxylation is 1. The topological polar surface area (TPSA) is 87.9 Å². The van der Waals surface area contributed by atoms with Crippen molar-refractivity contribution < 1.29 is 23.8 Å². The molecule has 3 aliphatic rings. The van der Waals surface area contributed by atoms with E-state index in [0.717, 1.165) is 55.3 Å². The molecule has 1 aromatic carbocycles. The Morgan fingerprint density at radius 3 is 2.62 bits per heavy atom. The maximum atomic E-state index is 14.6. The zero-order valence-corrected chi connectivity index (χ0v) is 20.1. The van der Waals surface area contributed by atoms with Gasteiger partial charge < -0.3 is 24.4 Å². The summed E-state index contributed by atoms with van der Waals surface area (Å²) in [5.41, 5.74) is 4.29. The Morgan fingerprint density at radius 1 is 1.21 bits per heavy atom. The lowest BCUT2D eigenvalue weighted by molar-refractivity contribution is -0.129. The molecule has 8 nitrogen and oxygen atoms in total. The molecule has 1 fully saturated rings. The normalized spacial score (nSPS) is 20.2. The standard InChI is InChI=1S/C24H29FN4O3.CH4O/c1-15-11-19-17(14-30)3-8-28(23(19)12-21(15)25)24-20-13-27(16(2)31)7-4-22(20)29(26-24)18-5-9-32-10-6-18;1-2/h11-12,14,17-18H,3-10,13H2,1-2H3;2H,1H3. The number of ether oxygens (including phenoxy) is 1. The summed E-state index contributed by atoms with van der Waals surface area (Å²) in [6, 6.07) is 3.59. The molecule has 1 saturated heterocycles. The highest BCUT2D eigenvalue weighted by Crippen LogP contribution is 2.43. The largest absolute Gasteiger partial charge is 0.400 e. The lowest BCUT2D eigenvalue weighted by Crippen LogP contribution is -2.36. The second-order valence-corrected chi connectivity index (χ2v) is 9.07. The molecule has 1 N–H and O–H groups in total. The van der Waals surface area contributed by atoms with Crippen molar-refractivity contribution in [1.82, 2.24) is 14.7 Å². The summed E-state index contributed by atoms with van der Waals surface area (Å²) in [5, 5.41) is 12.1. The van der Waals surface area contributed by atoms with Gasteiger partial charge in [-0.3, -0.25) is 9.48 Å². The molecule has 4 heterocycles. The van der Waals surface area contributed by atoms with Crippen molar-refractivity contribution in [3.63, 3.8) is 0 Å². The van der Waals surface area contributed by atoms with Crippen molar-refractivity contribution in [2.45, 2.75) is 58.0 Å². The first kappa shape index (κ1) is 24.3. The number of fused-ring (bicyclic) bond motifs is 2. The minimum Gasteiger partial charge on any atom is -0.400 e. The Balaban J connectivity index is 0.00000133. The van der Waals surface area contributed by atoms with E-state index in [9.17, 15) is 14.0 Å². The van der Waals surface area contributed by atoms with Crippen molar-refractivity contribution in [3.05, 3.63) is 40.3 Å². The van der Waals surface area contributed by atoms with E-state index < -0.39 is 0 Å². The minimum atomic E-state index is -0.289. The van der Waals surface area contributed by atoms with Gasteiger partial charge in [0.15, 0.2) is 5.82 Å². The van der Waals surface area contributed by atoms with Crippen LogP contribution in [0.2, 0.25) is 0 Å². The molecule has 1 unspecified atom stereocenters. The molecule has 2 aromatic rings. The first-order valence-corrected chi connectivity index (χ1v) is 11.9. The quantitative estimate of drug-likeness (QED) is 0.691. The van der Waals surface area contributed by atoms with Gasteiger partial charge in [-0.05, 0) is 43.4 Å². The second-order valence-electron chi connectivity index (χ2n) is 9.07. The van der Waals surface area contributed by atoms with Gasteiger partial charge >= 0.3 is 0 Å². The monoisotopic (exact) mass is 472 g/mol. The Hall–Kier alpha value is -2.78. The van der Waals surface area contributed by atoms with Crippen molar-refractivity contribution in [1.29, 1.82) is 0 Å². The van der Waals surface area contributed by atoms with Gasteiger partial charge in [0.2, 0.25) is 5.91 Å². The first-order chi connectivity index (χ1) is 16.5. The third-order valence-electron chi connectivity index (χ3n) is 7.13. The predicted octanol–water partition coefficient (Wildman–Crippen LogP) is 3.02. The number of aliphatic hydroxyl groups excluding tert-OH is 1. The summed E-state index contributed by atoms with van der Waals surface area (Å²) >= 11 is 0. The molecule has 0 radical (unpaired) electrons. The van der Waals surface area contributed by atoms with E-state index in [-0.39, 0.29) is 23.7 Å². The molecular weight excluding hydrogens is 439 g/mol. The summed E-state index contributed by atoms with van der Waals surface area (Å²) < 4.78 is 22.3. The van der Waals surface area contributed by atoms with Crippen LogP contribution in [0.5, 0.6) is 0 Å². The Bertz CT molecular complexity index is 1060. The number of carbonyl (C=O) groups excluding carboxylic acids is 2. The van der Waals surface area contributed by atoms with Gasteiger partial charge in [-0.15, -0.1) is 0 Å². The average Bonchev–Trinajstić information content (AvgIpc) is 3.24. The van der Waals surface area contributed by atoms with Crippen LogP contribution in [0.3, 0.4) is 0 Å². The number of amides is 1. The Morgan fingerprint density at radius 2 is 1.94 bits per heavy atom. The summed E-state index contributed by atoms with van der Waals surface area (Å²) in [6.45, 7) is 6.50. The Kier molecular flexibility index (Phi) is 7.33. The van der Waals surface area contributed by atoms with Gasteiger partial charge in [0.1, 0.15) is 12.1 Å². The van der Waals surface area contributed by atoms with Crippen LogP contribution in [-0.4, -0.2) is 65.4 Å². The molecule has 0 spiro atoms. The number of aliphatic hydroxyl groups is 1. The van der Waals surface area contributed by atoms with Crippen LogP contribution in [0, 0.1) is 12.7 Å². The first-order valence-electron chi connectivity index (χ1n) is 11.9. The molecule has 3 aliphatic heterocycles. The van der Waals surface area contributed by atoms with Crippen LogP contribution >= 0.6 is 0 Å². The van der Waals surface area contributed by atoms with Gasteiger partial charge in [-0.25, -0.2) is 4.39 Å². The van der Waals surface area contributed by atoms with E-state index in [4.69, 9.17) is 14.9 Å². The van der Waals surface area contributed by atoms with Crippen molar-refractivity contribution in [2.75, 3.05) is 38.3 Å². The molecule has 0 saturated carbocycles. The molecule has 1 atom stereocenters. The van der Waals surface area contributed by atoms with Crippen LogP contribution < -0.4 is 4.90 Å². The fraction of sp³-hybridized carbons (Fsp3) is 0.560. The number of benzene rings is 1. The third kappa shape index (κ3) is 4.34. The van der Waals surface area contributed by atoms with E-state index in [2.05, 4.69) is 9.58 Å². The van der Waals surface area contributed by atoms with Crippen molar-refractivity contribution in [2.24, 2.45) is 0 Å². The van der Waals surface area contributed by atoms with E-state index in [1.165, 1.54) is 6.07 Å². The zero-order valence-electron chi connectivity index (χ0n) is 20.1.